The first kappa shape index (κ1) is 25.8. The highest BCUT2D eigenvalue weighted by Crippen LogP contribution is 2.68. The lowest BCUT2D eigenvalue weighted by atomic mass is 9.43. The van der Waals surface area contributed by atoms with Crippen LogP contribution in [0, 0.1) is 52.3 Å². The van der Waals surface area contributed by atoms with Crippen molar-refractivity contribution in [3.8, 4) is 0 Å². The van der Waals surface area contributed by atoms with Crippen molar-refractivity contribution in [1.82, 2.24) is 0 Å². The predicted molar refractivity (Wildman–Crippen MR) is 126 cm³/mol. The normalized spacial score (nSPS) is 49.3. The predicted octanol–water partition coefficient (Wildman–Crippen LogP) is 2.33. The van der Waals surface area contributed by atoms with E-state index in [1.54, 1.807) is 0 Å². The van der Waals surface area contributed by atoms with E-state index >= 15 is 0 Å². The largest absolute Gasteiger partial charge is 0.396 e. The minimum atomic E-state index is -0.716. The molecule has 12 unspecified atom stereocenters. The van der Waals surface area contributed by atoms with E-state index in [9.17, 15) is 30.6 Å². The third kappa shape index (κ3) is 4.21. The van der Waals surface area contributed by atoms with Crippen LogP contribution in [0.25, 0.3) is 0 Å². The van der Waals surface area contributed by atoms with Crippen molar-refractivity contribution < 1.29 is 30.6 Å². The van der Waals surface area contributed by atoms with Crippen molar-refractivity contribution in [1.29, 1.82) is 0 Å². The zero-order valence-electron chi connectivity index (χ0n) is 20.8. The van der Waals surface area contributed by atoms with Gasteiger partial charge >= 0.3 is 0 Å². The number of aliphatic hydroxyl groups is 6. The molecule has 0 aromatic heterocycles. The second-order valence-corrected chi connectivity index (χ2v) is 12.8. The molecule has 6 N–H and O–H groups in total. The molecule has 4 saturated carbocycles. The lowest BCUT2D eigenvalue weighted by Gasteiger charge is -2.63. The van der Waals surface area contributed by atoms with Gasteiger partial charge in [0.15, 0.2) is 0 Å². The van der Waals surface area contributed by atoms with Gasteiger partial charge in [-0.05, 0) is 104 Å². The molecule has 4 rings (SSSR count). The van der Waals surface area contributed by atoms with Gasteiger partial charge in [0.05, 0.1) is 37.6 Å². The monoisotopic (exact) mass is 468 g/mol. The fraction of sp³-hybridized carbons (Fsp3) is 1.00. The summed E-state index contributed by atoms with van der Waals surface area (Å²) in [4.78, 5) is 0. The second kappa shape index (κ2) is 9.67. The van der Waals surface area contributed by atoms with Crippen LogP contribution >= 0.6 is 0 Å². The van der Waals surface area contributed by atoms with E-state index in [4.69, 9.17) is 0 Å². The van der Waals surface area contributed by atoms with Gasteiger partial charge in [0.1, 0.15) is 0 Å². The van der Waals surface area contributed by atoms with Gasteiger partial charge in [0, 0.05) is 5.92 Å². The van der Waals surface area contributed by atoms with Crippen LogP contribution < -0.4 is 0 Å². The van der Waals surface area contributed by atoms with Crippen LogP contribution in [-0.4, -0.2) is 68.3 Å². The number of aliphatic hydroxyl groups excluding tert-OH is 6. The maximum absolute atomic E-state index is 11.6. The van der Waals surface area contributed by atoms with Crippen LogP contribution in [0.15, 0.2) is 0 Å². The molecule has 192 valence electrons. The van der Waals surface area contributed by atoms with E-state index in [0.29, 0.717) is 36.0 Å². The highest BCUT2D eigenvalue weighted by molar-refractivity contribution is 5.14. The summed E-state index contributed by atoms with van der Waals surface area (Å²) in [6.45, 7) is 6.39. The molecule has 0 heterocycles. The molecular weight excluding hydrogens is 420 g/mol. The Balaban J connectivity index is 1.51. The molecule has 0 amide bonds. The first-order chi connectivity index (χ1) is 15.6. The van der Waals surface area contributed by atoms with E-state index in [1.165, 1.54) is 0 Å². The quantitative estimate of drug-likeness (QED) is 0.341. The van der Waals surface area contributed by atoms with Crippen LogP contribution in [0.3, 0.4) is 0 Å². The standard InChI is InChI=1S/C27H48O6/c1-15(4-7-22(31)16(13-28)14-29)19-5-6-20-25-21(12-24(33)27(19,20)3)26(2)9-8-18(30)10-17(26)11-23(25)32/h15-25,28-33H,4-14H2,1-3H3. The topological polar surface area (TPSA) is 121 Å². The third-order valence-electron chi connectivity index (χ3n) is 11.5. The maximum atomic E-state index is 11.6. The Morgan fingerprint density at radius 3 is 2.24 bits per heavy atom. The Kier molecular flexibility index (Phi) is 7.57. The van der Waals surface area contributed by atoms with E-state index in [1.807, 2.05) is 0 Å². The third-order valence-corrected chi connectivity index (χ3v) is 11.5. The summed E-state index contributed by atoms with van der Waals surface area (Å²) in [5.74, 6) is 1.29. The number of rotatable bonds is 7. The Hall–Kier alpha value is -0.240. The summed E-state index contributed by atoms with van der Waals surface area (Å²) in [5, 5.41) is 62.4. The van der Waals surface area contributed by atoms with Crippen molar-refractivity contribution in [3.63, 3.8) is 0 Å². The Morgan fingerprint density at radius 2 is 1.58 bits per heavy atom. The molecule has 0 aliphatic heterocycles. The SMILES string of the molecule is CC(CCC(O)C(CO)CO)C1CCC2C3C(O)CC4CC(O)CCC4(C)C3CC(O)C12C. The summed E-state index contributed by atoms with van der Waals surface area (Å²) in [6.07, 6.45) is 5.77. The molecule has 4 fully saturated rings. The van der Waals surface area contributed by atoms with E-state index in [0.717, 1.165) is 51.4 Å². The molecular formula is C27H48O6. The molecule has 4 aliphatic carbocycles. The van der Waals surface area contributed by atoms with E-state index in [2.05, 4.69) is 20.8 Å². The number of hydrogen-bond donors (Lipinski definition) is 6. The zero-order valence-corrected chi connectivity index (χ0v) is 20.8. The van der Waals surface area contributed by atoms with Crippen LogP contribution in [-0.2, 0) is 0 Å². The summed E-state index contributed by atoms with van der Waals surface area (Å²) in [6, 6.07) is 0. The maximum Gasteiger partial charge on any atom is 0.0612 e. The van der Waals surface area contributed by atoms with Gasteiger partial charge < -0.3 is 30.6 Å². The lowest BCUT2D eigenvalue weighted by molar-refractivity contribution is -0.207. The van der Waals surface area contributed by atoms with Crippen LogP contribution in [0.1, 0.15) is 78.6 Å². The Morgan fingerprint density at radius 1 is 0.879 bits per heavy atom. The smallest absolute Gasteiger partial charge is 0.0612 e. The van der Waals surface area contributed by atoms with Crippen LogP contribution in [0.4, 0.5) is 0 Å². The summed E-state index contributed by atoms with van der Waals surface area (Å²) in [5.41, 5.74) is -0.153. The van der Waals surface area contributed by atoms with Crippen molar-refractivity contribution in [2.45, 2.75) is 103 Å². The molecule has 0 saturated heterocycles. The molecule has 6 heteroatoms. The van der Waals surface area contributed by atoms with Gasteiger partial charge in [-0.2, -0.15) is 0 Å². The van der Waals surface area contributed by atoms with Crippen molar-refractivity contribution in [2.75, 3.05) is 13.2 Å². The van der Waals surface area contributed by atoms with Gasteiger partial charge in [0.2, 0.25) is 0 Å². The molecule has 4 aliphatic rings. The highest BCUT2D eigenvalue weighted by Gasteiger charge is 2.65. The van der Waals surface area contributed by atoms with Crippen molar-refractivity contribution in [2.24, 2.45) is 52.3 Å². The van der Waals surface area contributed by atoms with Crippen molar-refractivity contribution in [3.05, 3.63) is 0 Å². The summed E-state index contributed by atoms with van der Waals surface area (Å²) < 4.78 is 0. The summed E-state index contributed by atoms with van der Waals surface area (Å²) >= 11 is 0. The lowest BCUT2D eigenvalue weighted by Crippen LogP contribution is -2.62. The first-order valence-corrected chi connectivity index (χ1v) is 13.5. The number of fused-ring (bicyclic) bond motifs is 5. The Labute approximate surface area is 199 Å². The molecule has 6 nitrogen and oxygen atoms in total. The molecule has 12 atom stereocenters. The van der Waals surface area contributed by atoms with Gasteiger partial charge in [-0.15, -0.1) is 0 Å². The van der Waals surface area contributed by atoms with Gasteiger partial charge in [0.25, 0.3) is 0 Å². The molecule has 0 bridgehead atoms. The fourth-order valence-electron chi connectivity index (χ4n) is 9.30. The molecule has 0 aromatic rings. The van der Waals surface area contributed by atoms with Crippen LogP contribution in [0.5, 0.6) is 0 Å². The second-order valence-electron chi connectivity index (χ2n) is 12.8. The molecule has 33 heavy (non-hydrogen) atoms. The summed E-state index contributed by atoms with van der Waals surface area (Å²) in [7, 11) is 0. The Bertz CT molecular complexity index is 669. The first-order valence-electron chi connectivity index (χ1n) is 13.5. The molecule has 0 spiro atoms. The number of hydrogen-bond acceptors (Lipinski definition) is 6. The minimum absolute atomic E-state index is 0.0862. The van der Waals surface area contributed by atoms with E-state index in [-0.39, 0.29) is 42.2 Å². The van der Waals surface area contributed by atoms with Crippen LogP contribution in [0.2, 0.25) is 0 Å². The molecule has 0 radical (unpaired) electrons. The average molecular weight is 469 g/mol. The fourth-order valence-corrected chi connectivity index (χ4v) is 9.30. The van der Waals surface area contributed by atoms with E-state index < -0.39 is 18.1 Å². The van der Waals surface area contributed by atoms with Crippen molar-refractivity contribution >= 4 is 0 Å². The average Bonchev–Trinajstić information content (AvgIpc) is 3.13. The van der Waals surface area contributed by atoms with Gasteiger partial charge in [-0.3, -0.25) is 0 Å². The van der Waals surface area contributed by atoms with Gasteiger partial charge in [-0.25, -0.2) is 0 Å². The zero-order chi connectivity index (χ0) is 24.1. The minimum Gasteiger partial charge on any atom is -0.396 e. The highest BCUT2D eigenvalue weighted by atomic mass is 16.3. The van der Waals surface area contributed by atoms with Gasteiger partial charge in [-0.1, -0.05) is 20.8 Å². The molecule has 0 aromatic carbocycles.